The van der Waals surface area contributed by atoms with Crippen LogP contribution in [0.3, 0.4) is 0 Å². The van der Waals surface area contributed by atoms with Gasteiger partial charge >= 0.3 is 0 Å². The van der Waals surface area contributed by atoms with E-state index in [1.165, 1.54) is 89.0 Å². The number of nitrogens with zero attached hydrogens (tertiary/aromatic N) is 1. The van der Waals surface area contributed by atoms with Gasteiger partial charge in [-0.3, -0.25) is 0 Å². The number of rotatable bonds is 14. The first-order valence-corrected chi connectivity index (χ1v) is 20.7. The Bertz CT molecular complexity index is 2570. The average Bonchev–Trinajstić information content (AvgIpc) is 3.18. The van der Waals surface area contributed by atoms with Gasteiger partial charge in [0.05, 0.1) is 11.6 Å². The standard InChI is InChI=1S/C57H63N/c1-17-33(2)48-18-34(3)43(12)53(27-48)23-39(8)49-19-35(4)44(13)54(28-49)24-40(9)50-20-36(5)45(14)55(29-50)25-41(10)51-21-37(6)46(15)56(30-51)26-42(11)52-22-38(7)47(16)57(31-52)32-58/h18-22,27-31H,2,8-11,17,23-26H2,1,3-7,12-16H3. The number of benzene rings is 5. The summed E-state index contributed by atoms with van der Waals surface area (Å²) in [6.45, 7) is 46.6. The Morgan fingerprint density at radius 1 is 0.379 bits per heavy atom. The van der Waals surface area contributed by atoms with E-state index >= 15 is 0 Å². The molecule has 0 aliphatic carbocycles. The molecule has 0 saturated heterocycles. The SMILES string of the molecule is C=C(CC)c1cc(C)c(C)c(CC(=C)c2cc(C)c(C)c(CC(=C)c3cc(C)c(C)c(CC(=C)c4cc(C)c(C)c(CC(=C)c5cc(C)c(C)c(C#N)c5)c4)c3)c2)c1. The molecule has 1 heteroatoms. The third-order valence-electron chi connectivity index (χ3n) is 13.0. The summed E-state index contributed by atoms with van der Waals surface area (Å²) in [5.41, 5.74) is 29.5. The predicted octanol–water partition coefficient (Wildman–Crippen LogP) is 15.1. The molecule has 5 aromatic rings. The van der Waals surface area contributed by atoms with E-state index in [1.54, 1.807) is 0 Å². The molecule has 296 valence electrons. The fraction of sp³-hybridized carbons (Fsp3) is 0.281. The summed E-state index contributed by atoms with van der Waals surface area (Å²) >= 11 is 0. The van der Waals surface area contributed by atoms with E-state index in [1.807, 2.05) is 13.0 Å². The van der Waals surface area contributed by atoms with Crippen LogP contribution in [0.5, 0.6) is 0 Å². The molecule has 0 aliphatic rings. The minimum Gasteiger partial charge on any atom is -0.192 e. The van der Waals surface area contributed by atoms with E-state index in [2.05, 4.69) is 163 Å². The molecule has 0 amide bonds. The number of aryl methyl sites for hydroxylation is 5. The molecule has 0 radical (unpaired) electrons. The lowest BCUT2D eigenvalue weighted by molar-refractivity contribution is 1.14. The molecular weight excluding hydrogens is 699 g/mol. The maximum atomic E-state index is 9.72. The molecule has 0 unspecified atom stereocenters. The first-order valence-electron chi connectivity index (χ1n) is 20.7. The fourth-order valence-corrected chi connectivity index (χ4v) is 7.99. The predicted molar refractivity (Wildman–Crippen MR) is 255 cm³/mol. The quantitative estimate of drug-likeness (QED) is 0.111. The first-order chi connectivity index (χ1) is 27.3. The zero-order chi connectivity index (χ0) is 42.7. The zero-order valence-corrected chi connectivity index (χ0v) is 37.3. The molecule has 0 atom stereocenters. The smallest absolute Gasteiger partial charge is 0.0994 e. The minimum atomic E-state index is 0.712. The highest BCUT2D eigenvalue weighted by Gasteiger charge is 2.16. The lowest BCUT2D eigenvalue weighted by atomic mass is 9.86. The van der Waals surface area contributed by atoms with E-state index in [-0.39, 0.29) is 0 Å². The van der Waals surface area contributed by atoms with Crippen LogP contribution in [0.4, 0.5) is 0 Å². The second-order valence-electron chi connectivity index (χ2n) is 17.0. The Labute approximate surface area is 350 Å². The highest BCUT2D eigenvalue weighted by atomic mass is 14.3. The fourth-order valence-electron chi connectivity index (χ4n) is 7.99. The van der Waals surface area contributed by atoms with Gasteiger partial charge in [0, 0.05) is 0 Å². The van der Waals surface area contributed by atoms with Crippen LogP contribution in [-0.2, 0) is 25.7 Å². The van der Waals surface area contributed by atoms with Crippen LogP contribution < -0.4 is 0 Å². The molecule has 1 nitrogen and oxygen atoms in total. The Kier molecular flexibility index (Phi) is 13.3. The highest BCUT2D eigenvalue weighted by molar-refractivity contribution is 5.75. The van der Waals surface area contributed by atoms with E-state index < -0.39 is 0 Å². The van der Waals surface area contributed by atoms with E-state index in [4.69, 9.17) is 0 Å². The lowest BCUT2D eigenvalue weighted by Gasteiger charge is -2.19. The average molecular weight is 762 g/mol. The van der Waals surface area contributed by atoms with Crippen LogP contribution in [0, 0.1) is 80.6 Å². The molecule has 5 rings (SSSR count). The molecule has 0 fully saturated rings. The topological polar surface area (TPSA) is 23.8 Å². The van der Waals surface area contributed by atoms with Crippen LogP contribution in [0.15, 0.2) is 93.6 Å². The van der Waals surface area contributed by atoms with Gasteiger partial charge in [-0.15, -0.1) is 0 Å². The number of hydrogen-bond acceptors (Lipinski definition) is 1. The van der Waals surface area contributed by atoms with E-state index in [9.17, 15) is 5.26 Å². The Hall–Kier alpha value is -5.71. The molecule has 0 N–H and O–H groups in total. The molecule has 0 heterocycles. The van der Waals surface area contributed by atoms with Crippen molar-refractivity contribution in [2.75, 3.05) is 0 Å². The van der Waals surface area contributed by atoms with Crippen molar-refractivity contribution in [3.8, 4) is 6.07 Å². The van der Waals surface area contributed by atoms with Crippen molar-refractivity contribution in [3.63, 3.8) is 0 Å². The molecule has 58 heavy (non-hydrogen) atoms. The van der Waals surface area contributed by atoms with Crippen LogP contribution in [0.1, 0.15) is 125 Å². The number of hydrogen-bond donors (Lipinski definition) is 0. The van der Waals surface area contributed by atoms with Gasteiger partial charge in [0.15, 0.2) is 0 Å². The number of allylic oxidation sites excluding steroid dienone is 5. The Morgan fingerprint density at radius 2 is 0.621 bits per heavy atom. The summed E-state index contributed by atoms with van der Waals surface area (Å²) in [6, 6.07) is 24.9. The van der Waals surface area contributed by atoms with Crippen molar-refractivity contribution >= 4 is 27.9 Å². The molecule has 0 aromatic heterocycles. The van der Waals surface area contributed by atoms with Gasteiger partial charge in [-0.2, -0.15) is 5.26 Å². The minimum absolute atomic E-state index is 0.712. The third-order valence-corrected chi connectivity index (χ3v) is 13.0. The largest absolute Gasteiger partial charge is 0.192 e. The summed E-state index contributed by atoms with van der Waals surface area (Å²) in [7, 11) is 0. The van der Waals surface area contributed by atoms with Crippen LogP contribution in [0.2, 0.25) is 0 Å². The van der Waals surface area contributed by atoms with Gasteiger partial charge < -0.3 is 0 Å². The van der Waals surface area contributed by atoms with Crippen LogP contribution >= 0.6 is 0 Å². The monoisotopic (exact) mass is 761 g/mol. The lowest BCUT2D eigenvalue weighted by Crippen LogP contribution is -2.03. The molecule has 0 bridgehead atoms. The van der Waals surface area contributed by atoms with Gasteiger partial charge in [0.2, 0.25) is 0 Å². The first kappa shape index (κ1) is 43.4. The zero-order valence-electron chi connectivity index (χ0n) is 37.3. The van der Waals surface area contributed by atoms with E-state index in [0.717, 1.165) is 70.2 Å². The second kappa shape index (κ2) is 17.8. The van der Waals surface area contributed by atoms with Gasteiger partial charge in [0.1, 0.15) is 0 Å². The molecular formula is C57H63N. The number of nitriles is 1. The molecule has 5 aromatic carbocycles. The summed E-state index contributed by atoms with van der Waals surface area (Å²) in [6.07, 6.45) is 3.97. The van der Waals surface area contributed by atoms with Crippen molar-refractivity contribution in [2.45, 2.75) is 108 Å². The Morgan fingerprint density at radius 3 is 0.879 bits per heavy atom. The normalized spacial score (nSPS) is 11.0. The maximum Gasteiger partial charge on any atom is 0.0994 e. The van der Waals surface area contributed by atoms with Crippen molar-refractivity contribution in [1.29, 1.82) is 5.26 Å². The van der Waals surface area contributed by atoms with Crippen molar-refractivity contribution in [2.24, 2.45) is 0 Å². The van der Waals surface area contributed by atoms with Crippen molar-refractivity contribution in [1.82, 2.24) is 0 Å². The van der Waals surface area contributed by atoms with Crippen molar-refractivity contribution < 1.29 is 0 Å². The van der Waals surface area contributed by atoms with Gasteiger partial charge in [0.25, 0.3) is 0 Å². The van der Waals surface area contributed by atoms with Gasteiger partial charge in [-0.05, 0) is 241 Å². The summed E-state index contributed by atoms with van der Waals surface area (Å²) in [5.74, 6) is 0. The maximum absolute atomic E-state index is 9.72. The Balaban J connectivity index is 1.38. The highest BCUT2D eigenvalue weighted by Crippen LogP contribution is 2.34. The summed E-state index contributed by atoms with van der Waals surface area (Å²) in [5, 5.41) is 9.72. The van der Waals surface area contributed by atoms with Crippen LogP contribution in [-0.4, -0.2) is 0 Å². The third kappa shape index (κ3) is 9.35. The summed E-state index contributed by atoms with van der Waals surface area (Å²) < 4.78 is 0. The van der Waals surface area contributed by atoms with Crippen molar-refractivity contribution in [3.05, 3.63) is 205 Å². The van der Waals surface area contributed by atoms with E-state index in [0.29, 0.717) is 12.0 Å². The van der Waals surface area contributed by atoms with Crippen LogP contribution in [0.25, 0.3) is 27.9 Å². The molecule has 0 aliphatic heterocycles. The molecule has 0 saturated carbocycles. The second-order valence-corrected chi connectivity index (χ2v) is 17.0. The summed E-state index contributed by atoms with van der Waals surface area (Å²) in [4.78, 5) is 0. The molecule has 0 spiro atoms. The van der Waals surface area contributed by atoms with Gasteiger partial charge in [-0.25, -0.2) is 0 Å². The van der Waals surface area contributed by atoms with Gasteiger partial charge in [-0.1, -0.05) is 94.4 Å².